The maximum absolute atomic E-state index is 11.5. The second-order valence-corrected chi connectivity index (χ2v) is 5.67. The van der Waals surface area contributed by atoms with E-state index in [1.54, 1.807) is 42.5 Å². The van der Waals surface area contributed by atoms with Gasteiger partial charge in [-0.25, -0.2) is 4.79 Å². The number of halogens is 3. The van der Waals surface area contributed by atoms with E-state index in [1.807, 2.05) is 0 Å². The predicted octanol–water partition coefficient (Wildman–Crippen LogP) is 4.65. The van der Waals surface area contributed by atoms with Crippen LogP contribution < -0.4 is 9.47 Å². The van der Waals surface area contributed by atoms with Gasteiger partial charge in [-0.15, -0.1) is 0 Å². The SMILES string of the molecule is O=C(COc1ccc(Cl)cc1)OCCOc1ccc(Cl)cc1Cl. The largest absolute Gasteiger partial charge is 0.488 e. The highest BCUT2D eigenvalue weighted by atomic mass is 35.5. The zero-order valence-electron chi connectivity index (χ0n) is 11.9. The fourth-order valence-corrected chi connectivity index (χ4v) is 2.20. The van der Waals surface area contributed by atoms with E-state index in [1.165, 1.54) is 0 Å². The highest BCUT2D eigenvalue weighted by Gasteiger charge is 2.06. The molecule has 7 heteroatoms. The Labute approximate surface area is 148 Å². The van der Waals surface area contributed by atoms with Crippen LogP contribution in [0.2, 0.25) is 15.1 Å². The summed E-state index contributed by atoms with van der Waals surface area (Å²) in [5.74, 6) is 0.519. The van der Waals surface area contributed by atoms with Crippen molar-refractivity contribution in [2.45, 2.75) is 0 Å². The standard InChI is InChI=1S/C16H13Cl3O4/c17-11-1-4-13(5-2-11)23-10-16(20)22-8-7-21-15-6-3-12(18)9-14(15)19/h1-6,9H,7-8,10H2. The van der Waals surface area contributed by atoms with Gasteiger partial charge in [-0.2, -0.15) is 0 Å². The van der Waals surface area contributed by atoms with Gasteiger partial charge in [0, 0.05) is 10.0 Å². The van der Waals surface area contributed by atoms with Crippen LogP contribution in [0.1, 0.15) is 0 Å². The molecule has 2 aromatic carbocycles. The second kappa shape index (κ2) is 8.87. The number of hydrogen-bond acceptors (Lipinski definition) is 4. The van der Waals surface area contributed by atoms with Crippen molar-refractivity contribution < 1.29 is 19.0 Å². The van der Waals surface area contributed by atoms with Crippen LogP contribution in [-0.4, -0.2) is 25.8 Å². The van der Waals surface area contributed by atoms with E-state index < -0.39 is 5.97 Å². The first-order valence-electron chi connectivity index (χ1n) is 6.66. The minimum Gasteiger partial charge on any atom is -0.488 e. The summed E-state index contributed by atoms with van der Waals surface area (Å²) >= 11 is 17.5. The maximum atomic E-state index is 11.5. The van der Waals surface area contributed by atoms with Crippen LogP contribution in [0.4, 0.5) is 0 Å². The molecule has 0 aliphatic heterocycles. The Kier molecular flexibility index (Phi) is 6.84. The lowest BCUT2D eigenvalue weighted by molar-refractivity contribution is -0.146. The van der Waals surface area contributed by atoms with Crippen LogP contribution in [0.3, 0.4) is 0 Å². The van der Waals surface area contributed by atoms with Crippen molar-refractivity contribution in [2.75, 3.05) is 19.8 Å². The third kappa shape index (κ3) is 6.18. The van der Waals surface area contributed by atoms with E-state index in [4.69, 9.17) is 49.0 Å². The maximum Gasteiger partial charge on any atom is 0.344 e. The van der Waals surface area contributed by atoms with Crippen molar-refractivity contribution in [1.29, 1.82) is 0 Å². The van der Waals surface area contributed by atoms with Crippen LogP contribution >= 0.6 is 34.8 Å². The molecule has 0 amide bonds. The first kappa shape index (κ1) is 17.7. The van der Waals surface area contributed by atoms with Crippen LogP contribution in [0.5, 0.6) is 11.5 Å². The average molecular weight is 376 g/mol. The van der Waals surface area contributed by atoms with Gasteiger partial charge in [-0.3, -0.25) is 0 Å². The Morgan fingerprint density at radius 3 is 2.26 bits per heavy atom. The molecule has 0 saturated heterocycles. The first-order chi connectivity index (χ1) is 11.0. The molecule has 0 aliphatic rings. The Balaban J connectivity index is 1.65. The summed E-state index contributed by atoms with van der Waals surface area (Å²) in [6.07, 6.45) is 0. The molecule has 23 heavy (non-hydrogen) atoms. The fraction of sp³-hybridized carbons (Fsp3) is 0.188. The van der Waals surface area contributed by atoms with E-state index in [0.717, 1.165) is 0 Å². The van der Waals surface area contributed by atoms with Gasteiger partial charge in [0.15, 0.2) is 6.61 Å². The summed E-state index contributed by atoms with van der Waals surface area (Å²) in [6, 6.07) is 11.6. The van der Waals surface area contributed by atoms with Crippen molar-refractivity contribution in [3.05, 3.63) is 57.5 Å². The summed E-state index contributed by atoms with van der Waals surface area (Å²) in [5.41, 5.74) is 0. The fourth-order valence-electron chi connectivity index (χ4n) is 1.61. The van der Waals surface area contributed by atoms with Crippen molar-refractivity contribution in [3.8, 4) is 11.5 Å². The van der Waals surface area contributed by atoms with Crippen molar-refractivity contribution in [1.82, 2.24) is 0 Å². The molecule has 0 radical (unpaired) electrons. The molecule has 0 saturated carbocycles. The molecule has 2 rings (SSSR count). The van der Waals surface area contributed by atoms with Gasteiger partial charge >= 0.3 is 5.97 Å². The lowest BCUT2D eigenvalue weighted by atomic mass is 10.3. The Morgan fingerprint density at radius 2 is 1.57 bits per heavy atom. The molecule has 2 aromatic rings. The Hall–Kier alpha value is -1.62. The normalized spacial score (nSPS) is 10.2. The van der Waals surface area contributed by atoms with E-state index in [-0.39, 0.29) is 19.8 Å². The number of esters is 1. The average Bonchev–Trinajstić information content (AvgIpc) is 2.52. The van der Waals surface area contributed by atoms with Crippen molar-refractivity contribution in [3.63, 3.8) is 0 Å². The predicted molar refractivity (Wildman–Crippen MR) is 89.9 cm³/mol. The lowest BCUT2D eigenvalue weighted by Gasteiger charge is -2.09. The van der Waals surface area contributed by atoms with Crippen molar-refractivity contribution in [2.24, 2.45) is 0 Å². The third-order valence-corrected chi connectivity index (χ3v) is 3.45. The number of benzene rings is 2. The van der Waals surface area contributed by atoms with Crippen LogP contribution in [0.25, 0.3) is 0 Å². The molecule has 0 N–H and O–H groups in total. The molecule has 0 spiro atoms. The summed E-state index contributed by atoms with van der Waals surface area (Å²) in [4.78, 5) is 11.5. The van der Waals surface area contributed by atoms with Gasteiger partial charge in [0.25, 0.3) is 0 Å². The van der Waals surface area contributed by atoms with Gasteiger partial charge < -0.3 is 14.2 Å². The molecular formula is C16H13Cl3O4. The molecule has 122 valence electrons. The Morgan fingerprint density at radius 1 is 0.870 bits per heavy atom. The van der Waals surface area contributed by atoms with Gasteiger partial charge in [-0.05, 0) is 42.5 Å². The van der Waals surface area contributed by atoms with Crippen LogP contribution in [0, 0.1) is 0 Å². The molecule has 0 unspecified atom stereocenters. The summed E-state index contributed by atoms with van der Waals surface area (Å²) in [5, 5.41) is 1.51. The molecule has 0 fully saturated rings. The molecule has 0 bridgehead atoms. The van der Waals surface area contributed by atoms with Gasteiger partial charge in [0.2, 0.25) is 0 Å². The summed E-state index contributed by atoms with van der Waals surface area (Å²) in [7, 11) is 0. The third-order valence-electron chi connectivity index (χ3n) is 2.67. The Bertz CT molecular complexity index is 659. The van der Waals surface area contributed by atoms with E-state index in [2.05, 4.69) is 0 Å². The molecule has 0 aliphatic carbocycles. The minimum absolute atomic E-state index is 0.0851. The molecule has 0 atom stereocenters. The van der Waals surface area contributed by atoms with Gasteiger partial charge in [-0.1, -0.05) is 34.8 Å². The topological polar surface area (TPSA) is 44.8 Å². The zero-order chi connectivity index (χ0) is 16.7. The van der Waals surface area contributed by atoms with Gasteiger partial charge in [0.1, 0.15) is 24.7 Å². The molecular weight excluding hydrogens is 363 g/mol. The zero-order valence-corrected chi connectivity index (χ0v) is 14.2. The lowest BCUT2D eigenvalue weighted by Crippen LogP contribution is -2.18. The van der Waals surface area contributed by atoms with E-state index in [0.29, 0.717) is 26.6 Å². The molecule has 0 aromatic heterocycles. The number of rotatable bonds is 7. The number of ether oxygens (including phenoxy) is 3. The first-order valence-corrected chi connectivity index (χ1v) is 7.80. The van der Waals surface area contributed by atoms with E-state index in [9.17, 15) is 4.79 Å². The highest BCUT2D eigenvalue weighted by Crippen LogP contribution is 2.27. The number of carbonyl (C=O) groups excluding carboxylic acids is 1. The van der Waals surface area contributed by atoms with Gasteiger partial charge in [0.05, 0.1) is 5.02 Å². The minimum atomic E-state index is -0.495. The second-order valence-electron chi connectivity index (χ2n) is 4.39. The smallest absolute Gasteiger partial charge is 0.344 e. The monoisotopic (exact) mass is 374 g/mol. The molecule has 4 nitrogen and oxygen atoms in total. The summed E-state index contributed by atoms with van der Waals surface area (Å²) < 4.78 is 15.6. The quantitative estimate of drug-likeness (QED) is 0.522. The van der Waals surface area contributed by atoms with Crippen molar-refractivity contribution >= 4 is 40.8 Å². The highest BCUT2D eigenvalue weighted by molar-refractivity contribution is 6.35. The van der Waals surface area contributed by atoms with E-state index >= 15 is 0 Å². The van der Waals surface area contributed by atoms with Crippen LogP contribution in [-0.2, 0) is 9.53 Å². The van der Waals surface area contributed by atoms with Crippen LogP contribution in [0.15, 0.2) is 42.5 Å². The number of carbonyl (C=O) groups is 1. The molecule has 0 heterocycles. The summed E-state index contributed by atoms with van der Waals surface area (Å²) in [6.45, 7) is 0.0686. The number of hydrogen-bond donors (Lipinski definition) is 0.